The topological polar surface area (TPSA) is 20.3 Å². The van der Waals surface area contributed by atoms with Crippen LogP contribution in [0.2, 0.25) is 10.0 Å². The first kappa shape index (κ1) is 18.2. The molecular weight excluding hydrogens is 397 g/mol. The summed E-state index contributed by atoms with van der Waals surface area (Å²) in [5.74, 6) is -0.0337. The number of hydrogen-bond acceptors (Lipinski definition) is 2. The van der Waals surface area contributed by atoms with Gasteiger partial charge in [0.05, 0.1) is 17.1 Å². The number of hydrogen-bond donors (Lipinski definition) is 0. The second-order valence-corrected chi connectivity index (χ2v) is 8.05. The van der Waals surface area contributed by atoms with E-state index in [1.807, 2.05) is 71.6 Å². The van der Waals surface area contributed by atoms with E-state index >= 15 is 0 Å². The maximum absolute atomic E-state index is 13.2. The zero-order valence-electron chi connectivity index (χ0n) is 14.2. The number of fused-ring (bicyclic) bond motifs is 1. The van der Waals surface area contributed by atoms with Crippen molar-refractivity contribution in [3.63, 3.8) is 0 Å². The number of benzene rings is 3. The van der Waals surface area contributed by atoms with Gasteiger partial charge in [-0.25, -0.2) is 0 Å². The van der Waals surface area contributed by atoms with Crippen LogP contribution in [-0.2, 0) is 11.3 Å². The molecule has 1 aliphatic rings. The number of amides is 1. The Kier molecular flexibility index (Phi) is 5.26. The van der Waals surface area contributed by atoms with Crippen LogP contribution < -0.4 is 4.90 Å². The first-order valence-electron chi connectivity index (χ1n) is 8.41. The van der Waals surface area contributed by atoms with Crippen LogP contribution in [0.5, 0.6) is 0 Å². The summed E-state index contributed by atoms with van der Waals surface area (Å²) in [4.78, 5) is 16.7. The molecule has 0 saturated heterocycles. The lowest BCUT2D eigenvalue weighted by Gasteiger charge is -2.30. The molecule has 5 heteroatoms. The molecule has 0 fully saturated rings. The van der Waals surface area contributed by atoms with Crippen molar-refractivity contribution in [3.05, 3.63) is 98.9 Å². The van der Waals surface area contributed by atoms with Crippen LogP contribution in [0, 0.1) is 0 Å². The van der Waals surface area contributed by atoms with Crippen molar-refractivity contribution in [1.29, 1.82) is 0 Å². The van der Waals surface area contributed by atoms with Gasteiger partial charge in [-0.3, -0.25) is 4.79 Å². The smallest absolute Gasteiger partial charge is 0.265 e. The average molecular weight is 412 g/mol. The normalized spacial score (nSPS) is 15.1. The van der Waals surface area contributed by atoms with E-state index in [1.165, 1.54) is 11.8 Å². The van der Waals surface area contributed by atoms with Gasteiger partial charge in [0.1, 0.15) is 0 Å². The van der Waals surface area contributed by atoms with E-state index in [0.717, 1.165) is 21.7 Å². The molecule has 0 atom stereocenters. The average Bonchev–Trinajstić information content (AvgIpc) is 2.68. The first-order chi connectivity index (χ1) is 13.1. The maximum Gasteiger partial charge on any atom is 0.265 e. The molecule has 0 unspecified atom stereocenters. The number of carbonyl (C=O) groups excluding carboxylic acids is 1. The van der Waals surface area contributed by atoms with Gasteiger partial charge in [0.2, 0.25) is 0 Å². The zero-order chi connectivity index (χ0) is 18.8. The second kappa shape index (κ2) is 7.81. The molecule has 1 aliphatic heterocycles. The van der Waals surface area contributed by atoms with Crippen molar-refractivity contribution in [2.75, 3.05) is 4.90 Å². The van der Waals surface area contributed by atoms with Crippen LogP contribution >= 0.6 is 35.0 Å². The Balaban J connectivity index is 1.75. The van der Waals surface area contributed by atoms with Gasteiger partial charge in [-0.1, -0.05) is 83.5 Å². The van der Waals surface area contributed by atoms with Gasteiger partial charge < -0.3 is 4.90 Å². The maximum atomic E-state index is 13.2. The van der Waals surface area contributed by atoms with E-state index in [-0.39, 0.29) is 5.91 Å². The Labute approximate surface area is 172 Å². The minimum atomic E-state index is -0.0337. The minimum absolute atomic E-state index is 0.0337. The third-order valence-corrected chi connectivity index (χ3v) is 5.90. The summed E-state index contributed by atoms with van der Waals surface area (Å²) in [5.41, 5.74) is 2.78. The van der Waals surface area contributed by atoms with Crippen molar-refractivity contribution in [3.8, 4) is 0 Å². The van der Waals surface area contributed by atoms with Crippen LogP contribution in [0.4, 0.5) is 5.69 Å². The zero-order valence-corrected chi connectivity index (χ0v) is 16.6. The lowest BCUT2D eigenvalue weighted by molar-refractivity contribution is -0.114. The van der Waals surface area contributed by atoms with E-state index in [1.54, 1.807) is 12.1 Å². The fourth-order valence-corrected chi connectivity index (χ4v) is 4.46. The molecule has 134 valence electrons. The van der Waals surface area contributed by atoms with Crippen molar-refractivity contribution >= 4 is 52.6 Å². The molecule has 0 saturated carbocycles. The van der Waals surface area contributed by atoms with Gasteiger partial charge in [-0.05, 0) is 41.5 Å². The second-order valence-electron chi connectivity index (χ2n) is 6.12. The Hall–Kier alpha value is -2.20. The molecule has 0 spiro atoms. The molecular formula is C22H15Cl2NOS. The number of nitrogens with zero attached hydrogens (tertiary/aromatic N) is 1. The number of carbonyl (C=O) groups is 1. The van der Waals surface area contributed by atoms with Gasteiger partial charge in [0.25, 0.3) is 5.91 Å². The standard InChI is InChI=1S/C22H15Cl2NOS/c23-17-11-10-16(18(24)13-17)12-21-22(26)25(14-15-6-2-1-3-7-15)19-8-4-5-9-20(19)27-21/h1-13H,14H2/b21-12-. The Morgan fingerprint density at radius 3 is 2.44 bits per heavy atom. The minimum Gasteiger partial charge on any atom is -0.302 e. The molecule has 2 nitrogen and oxygen atoms in total. The van der Waals surface area contributed by atoms with Gasteiger partial charge in [-0.2, -0.15) is 0 Å². The molecule has 0 bridgehead atoms. The third kappa shape index (κ3) is 3.91. The summed E-state index contributed by atoms with van der Waals surface area (Å²) in [6.45, 7) is 0.517. The van der Waals surface area contributed by atoms with E-state index in [9.17, 15) is 4.79 Å². The summed E-state index contributed by atoms with van der Waals surface area (Å²) >= 11 is 13.7. The van der Waals surface area contributed by atoms with Gasteiger partial charge in [0.15, 0.2) is 0 Å². The molecule has 3 aromatic rings. The van der Waals surface area contributed by atoms with Gasteiger partial charge in [-0.15, -0.1) is 0 Å². The van der Waals surface area contributed by atoms with Crippen molar-refractivity contribution in [2.45, 2.75) is 11.4 Å². The number of thioether (sulfide) groups is 1. The van der Waals surface area contributed by atoms with E-state index in [4.69, 9.17) is 23.2 Å². The number of rotatable bonds is 3. The Morgan fingerprint density at radius 2 is 1.67 bits per heavy atom. The fourth-order valence-electron chi connectivity index (χ4n) is 2.94. The van der Waals surface area contributed by atoms with Crippen molar-refractivity contribution in [1.82, 2.24) is 0 Å². The van der Waals surface area contributed by atoms with Crippen molar-refractivity contribution in [2.24, 2.45) is 0 Å². The fraction of sp³-hybridized carbons (Fsp3) is 0.0455. The summed E-state index contributed by atoms with van der Waals surface area (Å²) in [6, 6.07) is 23.2. The SMILES string of the molecule is O=C1/C(=C/c2ccc(Cl)cc2Cl)Sc2ccccc2N1Cc1ccccc1. The van der Waals surface area contributed by atoms with Crippen LogP contribution in [0.15, 0.2) is 82.6 Å². The predicted octanol–water partition coefficient (Wildman–Crippen LogP) is 6.67. The van der Waals surface area contributed by atoms with Crippen LogP contribution in [-0.4, -0.2) is 5.91 Å². The molecule has 4 rings (SSSR count). The highest BCUT2D eigenvalue weighted by Gasteiger charge is 2.29. The molecule has 1 amide bonds. The molecule has 27 heavy (non-hydrogen) atoms. The van der Waals surface area contributed by atoms with Crippen molar-refractivity contribution < 1.29 is 4.79 Å². The largest absolute Gasteiger partial charge is 0.302 e. The summed E-state index contributed by atoms with van der Waals surface area (Å²) in [7, 11) is 0. The van der Waals surface area contributed by atoms with Crippen LogP contribution in [0.25, 0.3) is 6.08 Å². The monoisotopic (exact) mass is 411 g/mol. The number of halogens is 2. The molecule has 0 radical (unpaired) electrons. The molecule has 0 aliphatic carbocycles. The highest BCUT2D eigenvalue weighted by molar-refractivity contribution is 8.04. The number of para-hydroxylation sites is 1. The first-order valence-corrected chi connectivity index (χ1v) is 9.98. The molecule has 0 aromatic heterocycles. The third-order valence-electron chi connectivity index (χ3n) is 4.26. The lowest BCUT2D eigenvalue weighted by Crippen LogP contribution is -2.33. The Morgan fingerprint density at radius 1 is 0.926 bits per heavy atom. The van der Waals surface area contributed by atoms with E-state index in [2.05, 4.69) is 0 Å². The summed E-state index contributed by atoms with van der Waals surface area (Å²) in [5, 5.41) is 1.10. The quantitative estimate of drug-likeness (QED) is 0.448. The molecule has 3 aromatic carbocycles. The highest BCUT2D eigenvalue weighted by atomic mass is 35.5. The predicted molar refractivity (Wildman–Crippen MR) is 114 cm³/mol. The van der Waals surface area contributed by atoms with Gasteiger partial charge in [0, 0.05) is 14.9 Å². The van der Waals surface area contributed by atoms with Crippen LogP contribution in [0.1, 0.15) is 11.1 Å². The van der Waals surface area contributed by atoms with Gasteiger partial charge >= 0.3 is 0 Å². The molecule has 0 N–H and O–H groups in total. The summed E-state index contributed by atoms with van der Waals surface area (Å²) < 4.78 is 0. The highest BCUT2D eigenvalue weighted by Crippen LogP contribution is 2.43. The molecule has 1 heterocycles. The summed E-state index contributed by atoms with van der Waals surface area (Å²) in [6.07, 6.45) is 1.83. The van der Waals surface area contributed by atoms with E-state index in [0.29, 0.717) is 21.5 Å². The number of anilines is 1. The Bertz CT molecular complexity index is 1030. The van der Waals surface area contributed by atoms with Crippen LogP contribution in [0.3, 0.4) is 0 Å². The van der Waals surface area contributed by atoms with E-state index < -0.39 is 0 Å². The lowest BCUT2D eigenvalue weighted by atomic mass is 10.1.